The molecule has 10 nitrogen and oxygen atoms in total. The van der Waals surface area contributed by atoms with Crippen molar-refractivity contribution >= 4 is 40.4 Å². The SMILES string of the molecule is COc1cc2c(Oc3ccc(/C=N/N(C(N)=O)c4ccc(Cl)c(C(F)(F)F)c4)cc3F)ccnc2cc1OCCCN1C=CC(C)=CN1. The second-order valence-electron chi connectivity index (χ2n) is 10.4. The van der Waals surface area contributed by atoms with Crippen LogP contribution in [0.3, 0.4) is 0 Å². The molecule has 1 aliphatic rings. The van der Waals surface area contributed by atoms with Crippen LogP contribution in [0.15, 0.2) is 89.9 Å². The molecular formula is C33H29ClF4N6O4. The number of hydrogen-bond donors (Lipinski definition) is 2. The Morgan fingerprint density at radius 2 is 1.92 bits per heavy atom. The molecule has 2 heterocycles. The Labute approximate surface area is 277 Å². The van der Waals surface area contributed by atoms with Crippen LogP contribution < -0.4 is 30.4 Å². The van der Waals surface area contributed by atoms with Crippen LogP contribution in [0.1, 0.15) is 24.5 Å². The van der Waals surface area contributed by atoms with Crippen molar-refractivity contribution in [3.63, 3.8) is 0 Å². The molecule has 0 spiro atoms. The number of alkyl halides is 3. The minimum Gasteiger partial charge on any atom is -0.493 e. The highest BCUT2D eigenvalue weighted by Gasteiger charge is 2.34. The molecule has 0 atom stereocenters. The molecule has 5 rings (SSSR count). The molecule has 0 saturated carbocycles. The number of nitrogens with two attached hydrogens (primary N) is 1. The number of benzene rings is 3. The highest BCUT2D eigenvalue weighted by molar-refractivity contribution is 6.31. The molecule has 0 aliphatic carbocycles. The molecule has 0 radical (unpaired) electrons. The van der Waals surface area contributed by atoms with Crippen LogP contribution in [0.2, 0.25) is 5.02 Å². The number of urea groups is 1. The largest absolute Gasteiger partial charge is 0.493 e. The fourth-order valence-corrected chi connectivity index (χ4v) is 4.79. The average molecular weight is 685 g/mol. The number of ether oxygens (including phenoxy) is 3. The maximum atomic E-state index is 15.2. The Kier molecular flexibility index (Phi) is 10.2. The number of carbonyl (C=O) groups excluding carboxylic acids is 1. The minimum absolute atomic E-state index is 0.136. The van der Waals surface area contributed by atoms with Gasteiger partial charge in [0.1, 0.15) is 5.75 Å². The van der Waals surface area contributed by atoms with E-state index in [2.05, 4.69) is 15.5 Å². The summed E-state index contributed by atoms with van der Waals surface area (Å²) in [6.07, 6.45) is 4.40. The van der Waals surface area contributed by atoms with Crippen LogP contribution in [0, 0.1) is 5.82 Å². The fraction of sp³-hybridized carbons (Fsp3) is 0.182. The van der Waals surface area contributed by atoms with Gasteiger partial charge in [0.25, 0.3) is 0 Å². The van der Waals surface area contributed by atoms with E-state index in [4.69, 9.17) is 31.5 Å². The number of nitrogens with one attached hydrogen (secondary N) is 1. The number of fused-ring (bicyclic) bond motifs is 1. The van der Waals surface area contributed by atoms with Gasteiger partial charge in [-0.2, -0.15) is 23.3 Å². The van der Waals surface area contributed by atoms with Crippen molar-refractivity contribution in [2.24, 2.45) is 10.8 Å². The van der Waals surface area contributed by atoms with Crippen molar-refractivity contribution in [3.8, 4) is 23.0 Å². The third kappa shape index (κ3) is 8.07. The molecule has 0 unspecified atom stereocenters. The van der Waals surface area contributed by atoms with Gasteiger partial charge in [-0.25, -0.2) is 9.18 Å². The lowest BCUT2D eigenvalue weighted by atomic mass is 10.1. The van der Waals surface area contributed by atoms with Gasteiger partial charge in [0.15, 0.2) is 23.1 Å². The predicted octanol–water partition coefficient (Wildman–Crippen LogP) is 7.77. The molecule has 15 heteroatoms. The number of nitrogens with zero attached hydrogens (tertiary/aromatic N) is 4. The number of rotatable bonds is 11. The van der Waals surface area contributed by atoms with E-state index in [0.29, 0.717) is 45.8 Å². The Hall–Kier alpha value is -5.50. The molecule has 2 amide bonds. The third-order valence-corrected chi connectivity index (χ3v) is 7.30. The van der Waals surface area contributed by atoms with E-state index in [-0.39, 0.29) is 17.0 Å². The summed E-state index contributed by atoms with van der Waals surface area (Å²) in [5.41, 5.74) is 8.87. The lowest BCUT2D eigenvalue weighted by Crippen LogP contribution is -2.32. The summed E-state index contributed by atoms with van der Waals surface area (Å²) in [6, 6.07) is 10.4. The van der Waals surface area contributed by atoms with E-state index in [0.717, 1.165) is 43.0 Å². The van der Waals surface area contributed by atoms with Crippen LogP contribution in [0.4, 0.5) is 28.0 Å². The standard InChI is InChI=1S/C33H29ClF4N6O4/c1-20-9-12-43(41-18-20)11-3-13-47-31-17-27-23(16-30(31)46-2)28(8-10-40-27)48-29-7-4-21(14-26(29)35)19-42-44(32(39)45)22-5-6-25(34)24(15-22)33(36,37)38/h4-10,12,14-19,41H,3,11,13H2,1-2H3,(H2,39,45)/b42-19+. The van der Waals surface area contributed by atoms with Crippen LogP contribution in [-0.2, 0) is 6.18 Å². The molecule has 48 heavy (non-hydrogen) atoms. The van der Waals surface area contributed by atoms with Crippen molar-refractivity contribution in [1.82, 2.24) is 15.4 Å². The van der Waals surface area contributed by atoms with E-state index in [1.54, 1.807) is 18.2 Å². The average Bonchev–Trinajstić information content (AvgIpc) is 3.05. The number of halogens is 5. The van der Waals surface area contributed by atoms with Gasteiger partial charge < -0.3 is 25.4 Å². The number of methoxy groups -OCH3 is 1. The minimum atomic E-state index is -4.78. The van der Waals surface area contributed by atoms with Crippen LogP contribution >= 0.6 is 11.6 Å². The Balaban J connectivity index is 1.29. The summed E-state index contributed by atoms with van der Waals surface area (Å²) in [5, 5.41) is 6.32. The molecule has 250 valence electrons. The second kappa shape index (κ2) is 14.5. The fourth-order valence-electron chi connectivity index (χ4n) is 4.57. The van der Waals surface area contributed by atoms with E-state index < -0.39 is 28.6 Å². The van der Waals surface area contributed by atoms with Gasteiger partial charge in [0, 0.05) is 43.0 Å². The summed E-state index contributed by atoms with van der Waals surface area (Å²) < 4.78 is 72.6. The van der Waals surface area contributed by atoms with E-state index in [1.807, 2.05) is 30.4 Å². The third-order valence-electron chi connectivity index (χ3n) is 6.97. The predicted molar refractivity (Wildman–Crippen MR) is 174 cm³/mol. The smallest absolute Gasteiger partial charge is 0.417 e. The Morgan fingerprint density at radius 1 is 1.10 bits per heavy atom. The number of anilines is 1. The Bertz CT molecular complexity index is 1920. The van der Waals surface area contributed by atoms with Crippen LogP contribution in [0.5, 0.6) is 23.0 Å². The first-order valence-corrected chi connectivity index (χ1v) is 14.8. The van der Waals surface area contributed by atoms with E-state index >= 15 is 4.39 Å². The van der Waals surface area contributed by atoms with Gasteiger partial charge >= 0.3 is 12.2 Å². The zero-order valence-electron chi connectivity index (χ0n) is 25.6. The molecule has 0 saturated heterocycles. The molecule has 0 bridgehead atoms. The highest BCUT2D eigenvalue weighted by atomic mass is 35.5. The first-order valence-electron chi connectivity index (χ1n) is 14.4. The van der Waals surface area contributed by atoms with Gasteiger partial charge in [-0.05, 0) is 72.7 Å². The van der Waals surface area contributed by atoms with Gasteiger partial charge in [0.05, 0.1) is 41.7 Å². The van der Waals surface area contributed by atoms with Crippen molar-refractivity contribution < 1.29 is 36.6 Å². The summed E-state index contributed by atoms with van der Waals surface area (Å²) in [6.45, 7) is 3.14. The normalized spacial score (nSPS) is 13.0. The number of hydrazone groups is 1. The quantitative estimate of drug-likeness (QED) is 0.0718. The summed E-state index contributed by atoms with van der Waals surface area (Å²) >= 11 is 5.66. The number of hydrogen-bond acceptors (Lipinski definition) is 8. The second-order valence-corrected chi connectivity index (χ2v) is 10.8. The van der Waals surface area contributed by atoms with Crippen LogP contribution in [-0.4, -0.2) is 42.5 Å². The zero-order chi connectivity index (χ0) is 34.4. The number of carbonyl (C=O) groups is 1. The van der Waals surface area contributed by atoms with Crippen LogP contribution in [0.25, 0.3) is 10.9 Å². The summed E-state index contributed by atoms with van der Waals surface area (Å²) in [7, 11) is 1.50. The molecule has 1 aliphatic heterocycles. The zero-order valence-corrected chi connectivity index (χ0v) is 26.3. The lowest BCUT2D eigenvalue weighted by molar-refractivity contribution is -0.137. The lowest BCUT2D eigenvalue weighted by Gasteiger charge is -2.23. The van der Waals surface area contributed by atoms with Crippen molar-refractivity contribution in [2.75, 3.05) is 25.3 Å². The summed E-state index contributed by atoms with van der Waals surface area (Å²) in [5.74, 6) is 0.295. The molecule has 0 fully saturated rings. The van der Waals surface area contributed by atoms with E-state index in [1.165, 1.54) is 25.4 Å². The molecule has 3 N–H and O–H groups in total. The number of primary amides is 1. The molecular weight excluding hydrogens is 656 g/mol. The first-order chi connectivity index (χ1) is 22.9. The monoisotopic (exact) mass is 684 g/mol. The number of aromatic nitrogens is 1. The highest BCUT2D eigenvalue weighted by Crippen LogP contribution is 2.39. The number of allylic oxidation sites excluding steroid dienone is 2. The van der Waals surface area contributed by atoms with Gasteiger partial charge in [-0.15, -0.1) is 0 Å². The van der Waals surface area contributed by atoms with Crippen molar-refractivity contribution in [3.05, 3.63) is 107 Å². The molecule has 1 aromatic heterocycles. The number of amides is 2. The van der Waals surface area contributed by atoms with Gasteiger partial charge in [-0.3, -0.25) is 9.99 Å². The van der Waals surface area contributed by atoms with Crippen molar-refractivity contribution in [1.29, 1.82) is 0 Å². The van der Waals surface area contributed by atoms with Crippen molar-refractivity contribution in [2.45, 2.75) is 19.5 Å². The topological polar surface area (TPSA) is 115 Å². The Morgan fingerprint density at radius 3 is 2.60 bits per heavy atom. The molecule has 4 aromatic rings. The number of hydrazine groups is 1. The summed E-state index contributed by atoms with van der Waals surface area (Å²) in [4.78, 5) is 16.4. The van der Waals surface area contributed by atoms with E-state index in [9.17, 15) is 18.0 Å². The van der Waals surface area contributed by atoms with Gasteiger partial charge in [0.2, 0.25) is 0 Å². The number of pyridine rings is 1. The maximum absolute atomic E-state index is 15.2. The first kappa shape index (κ1) is 33.9. The van der Waals surface area contributed by atoms with Gasteiger partial charge in [-0.1, -0.05) is 11.6 Å². The molecule has 3 aromatic carbocycles. The maximum Gasteiger partial charge on any atom is 0.417 e.